The fourth-order valence-corrected chi connectivity index (χ4v) is 2.72. The van der Waals surface area contributed by atoms with Crippen molar-refractivity contribution in [3.05, 3.63) is 47.2 Å². The quantitative estimate of drug-likeness (QED) is 0.840. The van der Waals surface area contributed by atoms with Crippen molar-refractivity contribution in [2.75, 3.05) is 17.3 Å². The van der Waals surface area contributed by atoms with Gasteiger partial charge >= 0.3 is 0 Å². The molecule has 110 valence electrons. The number of pyridine rings is 1. The summed E-state index contributed by atoms with van der Waals surface area (Å²) in [6, 6.07) is 7.41. The molecule has 0 unspecified atom stereocenters. The Morgan fingerprint density at radius 2 is 2.00 bits per heavy atom. The number of hydrogen-bond acceptors (Lipinski definition) is 5. The largest absolute Gasteiger partial charge is 0.397 e. The molecule has 0 aliphatic carbocycles. The Hall–Kier alpha value is -2.12. The zero-order valence-corrected chi connectivity index (χ0v) is 12.6. The number of aromatic nitrogens is 1. The topological polar surface area (TPSA) is 102 Å². The third-order valence-corrected chi connectivity index (χ3v) is 4.04. The first-order valence-electron chi connectivity index (χ1n) is 5.80. The number of carbonyl (C=O) groups excluding carboxylic acids is 1. The van der Waals surface area contributed by atoms with Crippen LogP contribution in [0.25, 0.3) is 0 Å². The highest BCUT2D eigenvalue weighted by molar-refractivity contribution is 7.90. The molecule has 0 bridgehead atoms. The molecule has 1 amide bonds. The summed E-state index contributed by atoms with van der Waals surface area (Å²) in [5, 5.41) is 2.63. The van der Waals surface area contributed by atoms with E-state index in [-0.39, 0.29) is 27.0 Å². The summed E-state index contributed by atoms with van der Waals surface area (Å²) < 4.78 is 23.4. The molecule has 0 saturated carbocycles. The summed E-state index contributed by atoms with van der Waals surface area (Å²) in [5.74, 6) is -0.562. The molecule has 3 N–H and O–H groups in total. The van der Waals surface area contributed by atoms with Crippen molar-refractivity contribution in [2.24, 2.45) is 0 Å². The Balaban J connectivity index is 2.39. The van der Waals surface area contributed by atoms with Gasteiger partial charge in [-0.2, -0.15) is 0 Å². The average Bonchev–Trinajstić information content (AvgIpc) is 2.41. The van der Waals surface area contributed by atoms with E-state index in [1.165, 1.54) is 24.4 Å². The first kappa shape index (κ1) is 15.3. The van der Waals surface area contributed by atoms with Crippen LogP contribution in [0.5, 0.6) is 0 Å². The molecule has 0 fully saturated rings. The van der Waals surface area contributed by atoms with Crippen LogP contribution in [0, 0.1) is 0 Å². The van der Waals surface area contributed by atoms with Crippen LogP contribution in [0.2, 0.25) is 5.15 Å². The number of nitrogens with two attached hydrogens (primary N) is 1. The number of rotatable bonds is 3. The van der Waals surface area contributed by atoms with Crippen LogP contribution in [-0.4, -0.2) is 25.6 Å². The van der Waals surface area contributed by atoms with Crippen molar-refractivity contribution < 1.29 is 13.2 Å². The van der Waals surface area contributed by atoms with Crippen LogP contribution in [0.15, 0.2) is 41.4 Å². The molecule has 1 aromatic heterocycles. The molecule has 0 saturated heterocycles. The van der Waals surface area contributed by atoms with Crippen LogP contribution in [-0.2, 0) is 9.84 Å². The summed E-state index contributed by atoms with van der Waals surface area (Å²) in [6.07, 6.45) is 2.33. The highest BCUT2D eigenvalue weighted by Gasteiger charge is 2.17. The molecule has 0 aliphatic rings. The monoisotopic (exact) mass is 325 g/mol. The molecule has 0 radical (unpaired) electrons. The molecule has 1 aromatic carbocycles. The average molecular weight is 326 g/mol. The Morgan fingerprint density at radius 1 is 1.33 bits per heavy atom. The molecular formula is C13H12ClN3O3S. The number of hydrogen-bond donors (Lipinski definition) is 2. The van der Waals surface area contributed by atoms with Gasteiger partial charge in [0.1, 0.15) is 5.15 Å². The lowest BCUT2D eigenvalue weighted by molar-refractivity contribution is 0.102. The number of anilines is 2. The van der Waals surface area contributed by atoms with Gasteiger partial charge in [-0.3, -0.25) is 4.79 Å². The third kappa shape index (κ3) is 3.50. The first-order chi connectivity index (χ1) is 9.79. The maximum Gasteiger partial charge on any atom is 0.257 e. The highest BCUT2D eigenvalue weighted by atomic mass is 35.5. The van der Waals surface area contributed by atoms with Gasteiger partial charge in [0.05, 0.1) is 28.0 Å². The zero-order valence-electron chi connectivity index (χ0n) is 11.0. The number of nitrogens with one attached hydrogen (secondary N) is 1. The Labute approximate surface area is 126 Å². The maximum atomic E-state index is 12.2. The van der Waals surface area contributed by atoms with Gasteiger partial charge in [0.2, 0.25) is 0 Å². The minimum atomic E-state index is -3.46. The van der Waals surface area contributed by atoms with Crippen molar-refractivity contribution >= 4 is 38.7 Å². The van der Waals surface area contributed by atoms with Gasteiger partial charge < -0.3 is 11.1 Å². The first-order valence-corrected chi connectivity index (χ1v) is 8.07. The van der Waals surface area contributed by atoms with E-state index in [1.807, 2.05) is 0 Å². The standard InChI is InChI=1S/C13H12ClN3O3S/c1-21(19,20)11-5-3-2-4-10(11)17-13(18)8-6-12(14)16-7-9(8)15/h2-7H,15H2,1H3,(H,17,18). The second-order valence-electron chi connectivity index (χ2n) is 4.32. The molecule has 8 heteroatoms. The molecule has 6 nitrogen and oxygen atoms in total. The molecular weight excluding hydrogens is 314 g/mol. The van der Waals surface area contributed by atoms with Crippen LogP contribution >= 0.6 is 11.6 Å². The van der Waals surface area contributed by atoms with E-state index in [2.05, 4.69) is 10.3 Å². The lowest BCUT2D eigenvalue weighted by Gasteiger charge is -2.10. The predicted molar refractivity (Wildman–Crippen MR) is 81.2 cm³/mol. The fraction of sp³-hybridized carbons (Fsp3) is 0.0769. The minimum Gasteiger partial charge on any atom is -0.397 e. The van der Waals surface area contributed by atoms with Crippen LogP contribution in [0.1, 0.15) is 10.4 Å². The van der Waals surface area contributed by atoms with Gasteiger partial charge in [0, 0.05) is 6.26 Å². The lowest BCUT2D eigenvalue weighted by atomic mass is 10.2. The third-order valence-electron chi connectivity index (χ3n) is 2.68. The van der Waals surface area contributed by atoms with Gasteiger partial charge in [-0.15, -0.1) is 0 Å². The summed E-state index contributed by atoms with van der Waals surface area (Å²) in [7, 11) is -3.46. The van der Waals surface area contributed by atoms with Crippen molar-refractivity contribution in [3.8, 4) is 0 Å². The van der Waals surface area contributed by atoms with E-state index in [9.17, 15) is 13.2 Å². The van der Waals surface area contributed by atoms with Gasteiger partial charge in [0.15, 0.2) is 9.84 Å². The van der Waals surface area contributed by atoms with E-state index in [0.717, 1.165) is 6.26 Å². The smallest absolute Gasteiger partial charge is 0.257 e. The SMILES string of the molecule is CS(=O)(=O)c1ccccc1NC(=O)c1cc(Cl)ncc1N. The van der Waals surface area contributed by atoms with Gasteiger partial charge in [-0.1, -0.05) is 23.7 Å². The van der Waals surface area contributed by atoms with Crippen LogP contribution < -0.4 is 11.1 Å². The number of halogens is 1. The number of carbonyl (C=O) groups is 1. The Morgan fingerprint density at radius 3 is 2.67 bits per heavy atom. The predicted octanol–water partition coefficient (Wildman–Crippen LogP) is 1.97. The maximum absolute atomic E-state index is 12.2. The number of amides is 1. The Kier molecular flexibility index (Phi) is 4.15. The number of para-hydroxylation sites is 1. The molecule has 0 spiro atoms. The molecule has 0 aliphatic heterocycles. The van der Waals surface area contributed by atoms with E-state index >= 15 is 0 Å². The highest BCUT2D eigenvalue weighted by Crippen LogP contribution is 2.23. The van der Waals surface area contributed by atoms with E-state index in [4.69, 9.17) is 17.3 Å². The van der Waals surface area contributed by atoms with Crippen molar-refractivity contribution in [1.29, 1.82) is 0 Å². The van der Waals surface area contributed by atoms with Crippen molar-refractivity contribution in [2.45, 2.75) is 4.90 Å². The van der Waals surface area contributed by atoms with Crippen molar-refractivity contribution in [1.82, 2.24) is 4.98 Å². The normalized spacial score (nSPS) is 11.1. The zero-order chi connectivity index (χ0) is 15.6. The molecule has 2 rings (SSSR count). The number of nitrogen functional groups attached to an aromatic ring is 1. The number of nitrogens with zero attached hydrogens (tertiary/aromatic N) is 1. The van der Waals surface area contributed by atoms with Gasteiger partial charge in [-0.25, -0.2) is 13.4 Å². The summed E-state index contributed by atoms with van der Waals surface area (Å²) in [6.45, 7) is 0. The molecule has 2 aromatic rings. The summed E-state index contributed by atoms with van der Waals surface area (Å²) in [5.41, 5.74) is 6.12. The lowest BCUT2D eigenvalue weighted by Crippen LogP contribution is -2.16. The van der Waals surface area contributed by atoms with E-state index < -0.39 is 15.7 Å². The molecule has 21 heavy (non-hydrogen) atoms. The summed E-state index contributed by atoms with van der Waals surface area (Å²) in [4.78, 5) is 16.0. The van der Waals surface area contributed by atoms with Gasteiger partial charge in [0.25, 0.3) is 5.91 Å². The van der Waals surface area contributed by atoms with Crippen LogP contribution in [0.3, 0.4) is 0 Å². The second-order valence-corrected chi connectivity index (χ2v) is 6.69. The number of benzene rings is 1. The fourth-order valence-electron chi connectivity index (χ4n) is 1.72. The molecule has 0 atom stereocenters. The molecule has 1 heterocycles. The summed E-state index contributed by atoms with van der Waals surface area (Å²) >= 11 is 5.73. The van der Waals surface area contributed by atoms with E-state index in [1.54, 1.807) is 12.1 Å². The van der Waals surface area contributed by atoms with Crippen molar-refractivity contribution in [3.63, 3.8) is 0 Å². The second kappa shape index (κ2) is 5.71. The van der Waals surface area contributed by atoms with E-state index in [0.29, 0.717) is 0 Å². The minimum absolute atomic E-state index is 0.0251. The van der Waals surface area contributed by atoms with Gasteiger partial charge in [-0.05, 0) is 18.2 Å². The number of sulfone groups is 1. The van der Waals surface area contributed by atoms with Crippen LogP contribution in [0.4, 0.5) is 11.4 Å². The Bertz CT molecular complexity index is 806.